The first-order chi connectivity index (χ1) is 20.2. The molecule has 9 nitrogen and oxygen atoms in total. The topological polar surface area (TPSA) is 105 Å². The fraction of sp³-hybridized carbons (Fsp3) is 0.400. The number of methoxy groups -OCH3 is 1. The highest BCUT2D eigenvalue weighted by Crippen LogP contribution is 2.41. The molecule has 0 atom stereocenters. The van der Waals surface area contributed by atoms with Crippen LogP contribution in [0.4, 0.5) is 13.2 Å². The number of hydrogen-bond donors (Lipinski definition) is 2. The summed E-state index contributed by atoms with van der Waals surface area (Å²) in [6, 6.07) is 8.97. The second kappa shape index (κ2) is 12.1. The molecule has 1 saturated heterocycles. The van der Waals surface area contributed by atoms with Gasteiger partial charge >= 0.3 is 0 Å². The molecule has 1 saturated carbocycles. The maximum atomic E-state index is 14.2. The number of ether oxygens (including phenoxy) is 1. The highest BCUT2D eigenvalue weighted by Gasteiger charge is 2.46. The van der Waals surface area contributed by atoms with Gasteiger partial charge in [-0.2, -0.15) is 0 Å². The predicted octanol–water partition coefficient (Wildman–Crippen LogP) is 4.65. The number of rotatable bonds is 9. The van der Waals surface area contributed by atoms with Crippen molar-refractivity contribution in [2.24, 2.45) is 0 Å². The van der Waals surface area contributed by atoms with Gasteiger partial charge in [0, 0.05) is 37.5 Å². The number of likely N-dealkylation sites (tertiary alicyclic amines) is 1. The number of aromatic nitrogens is 4. The Labute approximate surface area is 240 Å². The van der Waals surface area contributed by atoms with Gasteiger partial charge in [0.1, 0.15) is 23.5 Å². The molecule has 2 fully saturated rings. The molecule has 1 aliphatic heterocycles. The molecule has 0 radical (unpaired) electrons. The number of carbonyl (C=O) groups is 1. The normalized spacial score (nSPS) is 15.7. The largest absolute Gasteiger partial charge is 0.383 e. The fourth-order valence-corrected chi connectivity index (χ4v) is 4.89. The van der Waals surface area contributed by atoms with Crippen LogP contribution in [0.15, 0.2) is 47.5 Å². The number of halogens is 3. The summed E-state index contributed by atoms with van der Waals surface area (Å²) in [6.45, 7) is 4.29. The first-order valence-corrected chi connectivity index (χ1v) is 14.0. The lowest BCUT2D eigenvalue weighted by Crippen LogP contribution is -2.58. The summed E-state index contributed by atoms with van der Waals surface area (Å²) in [5.74, 6) is -3.79. The molecule has 0 unspecified atom stereocenters. The molecule has 6 rings (SSSR count). The highest BCUT2D eigenvalue weighted by atomic mass is 19.3. The summed E-state index contributed by atoms with van der Waals surface area (Å²) in [7, 11) is 1.62. The summed E-state index contributed by atoms with van der Waals surface area (Å²) < 4.78 is 47.6. The molecular weight excluding hydrogens is 549 g/mol. The van der Waals surface area contributed by atoms with Gasteiger partial charge in [-0.25, -0.2) is 27.7 Å². The SMILES string of the molecule is CC.COCCNCc1cc2ncn(-c3cc(-c4ccc(F)cc4C(=O)N4CC(F)(F)C4)cc(C4CC4)n3)c(=O)c2[nH]1. The molecule has 0 spiro atoms. The number of H-pyrrole nitrogens is 1. The molecular formula is C30H33F3N6O3. The Hall–Kier alpha value is -4.03. The number of hydrogen-bond acceptors (Lipinski definition) is 6. The van der Waals surface area contributed by atoms with Gasteiger partial charge in [-0.15, -0.1) is 0 Å². The lowest BCUT2D eigenvalue weighted by Gasteiger charge is -2.39. The van der Waals surface area contributed by atoms with Crippen LogP contribution in [0.2, 0.25) is 0 Å². The maximum Gasteiger partial charge on any atom is 0.283 e. The summed E-state index contributed by atoms with van der Waals surface area (Å²) >= 11 is 0. The number of alkyl halides is 2. The average Bonchev–Trinajstić information content (AvgIpc) is 3.74. The first-order valence-electron chi connectivity index (χ1n) is 14.0. The van der Waals surface area contributed by atoms with Crippen molar-refractivity contribution in [1.82, 2.24) is 29.7 Å². The Morgan fingerprint density at radius 3 is 2.62 bits per heavy atom. The number of amides is 1. The second-order valence-corrected chi connectivity index (χ2v) is 10.3. The van der Waals surface area contributed by atoms with E-state index in [2.05, 4.69) is 15.3 Å². The van der Waals surface area contributed by atoms with E-state index in [4.69, 9.17) is 9.72 Å². The maximum absolute atomic E-state index is 14.2. The van der Waals surface area contributed by atoms with E-state index >= 15 is 0 Å². The standard InChI is InChI=1S/C28H27F3N6O3.C2H6/c1-40-7-6-32-12-19-11-23-25(34-19)27(39)37(15-33-23)24-9-17(8-22(35-24)16-2-3-16)20-5-4-18(29)10-21(20)26(38)36-13-28(30,31)14-36;1-2/h4-5,8-11,15-16,32,34H,2-3,6-7,12-14H2,1H3;1-2H3. The van der Waals surface area contributed by atoms with Crippen molar-refractivity contribution in [3.63, 3.8) is 0 Å². The van der Waals surface area contributed by atoms with E-state index in [1.165, 1.54) is 23.0 Å². The third kappa shape index (κ3) is 6.09. The van der Waals surface area contributed by atoms with Gasteiger partial charge in [-0.05, 0) is 54.3 Å². The molecule has 12 heteroatoms. The lowest BCUT2D eigenvalue weighted by molar-refractivity contribution is -0.113. The van der Waals surface area contributed by atoms with E-state index in [-0.39, 0.29) is 17.0 Å². The van der Waals surface area contributed by atoms with Crippen molar-refractivity contribution >= 4 is 16.9 Å². The van der Waals surface area contributed by atoms with Gasteiger partial charge in [0.2, 0.25) is 0 Å². The second-order valence-electron chi connectivity index (χ2n) is 10.3. The van der Waals surface area contributed by atoms with E-state index < -0.39 is 30.7 Å². The monoisotopic (exact) mass is 582 g/mol. The van der Waals surface area contributed by atoms with Gasteiger partial charge in [0.05, 0.1) is 30.8 Å². The van der Waals surface area contributed by atoms with Crippen LogP contribution in [0.25, 0.3) is 28.0 Å². The van der Waals surface area contributed by atoms with Crippen LogP contribution < -0.4 is 10.9 Å². The first kappa shape index (κ1) is 29.5. The molecule has 1 aliphatic carbocycles. The van der Waals surface area contributed by atoms with Crippen LogP contribution in [-0.4, -0.2) is 69.6 Å². The number of fused-ring (bicyclic) bond motifs is 1. The van der Waals surface area contributed by atoms with Gasteiger partial charge in [-0.3, -0.25) is 9.59 Å². The number of carbonyl (C=O) groups excluding carboxylic acids is 1. The van der Waals surface area contributed by atoms with Crippen LogP contribution in [0.5, 0.6) is 0 Å². The van der Waals surface area contributed by atoms with Gasteiger partial charge in [0.15, 0.2) is 0 Å². The Bertz CT molecular complexity index is 1660. The van der Waals surface area contributed by atoms with E-state index in [0.717, 1.165) is 35.2 Å². The van der Waals surface area contributed by atoms with E-state index in [0.29, 0.717) is 47.7 Å². The Morgan fingerprint density at radius 1 is 1.17 bits per heavy atom. The predicted molar refractivity (Wildman–Crippen MR) is 153 cm³/mol. The zero-order chi connectivity index (χ0) is 30.0. The molecule has 4 heterocycles. The zero-order valence-electron chi connectivity index (χ0n) is 23.7. The molecule has 2 aliphatic rings. The van der Waals surface area contributed by atoms with Crippen molar-refractivity contribution in [2.45, 2.75) is 45.1 Å². The number of nitrogens with one attached hydrogen (secondary N) is 2. The molecule has 4 aromatic rings. The summed E-state index contributed by atoms with van der Waals surface area (Å²) in [4.78, 5) is 39.9. The van der Waals surface area contributed by atoms with E-state index in [9.17, 15) is 22.8 Å². The van der Waals surface area contributed by atoms with Crippen molar-refractivity contribution in [2.75, 3.05) is 33.4 Å². The molecule has 2 N–H and O–H groups in total. The highest BCUT2D eigenvalue weighted by molar-refractivity contribution is 6.01. The molecule has 1 aromatic carbocycles. The molecule has 1 amide bonds. The molecule has 0 bridgehead atoms. The van der Waals surface area contributed by atoms with Crippen molar-refractivity contribution in [1.29, 1.82) is 0 Å². The Kier molecular flexibility index (Phi) is 8.46. The van der Waals surface area contributed by atoms with Crippen molar-refractivity contribution in [3.05, 3.63) is 75.8 Å². The third-order valence-corrected chi connectivity index (χ3v) is 7.12. The minimum absolute atomic E-state index is 0.0229. The number of nitrogens with zero attached hydrogens (tertiary/aromatic N) is 4. The summed E-state index contributed by atoms with van der Waals surface area (Å²) in [5, 5.41) is 3.22. The Morgan fingerprint density at radius 2 is 1.93 bits per heavy atom. The molecule has 42 heavy (non-hydrogen) atoms. The zero-order valence-corrected chi connectivity index (χ0v) is 23.7. The van der Waals surface area contributed by atoms with E-state index in [1.807, 2.05) is 19.9 Å². The minimum Gasteiger partial charge on any atom is -0.383 e. The number of pyridine rings is 1. The summed E-state index contributed by atoms with van der Waals surface area (Å²) in [6.07, 6.45) is 3.26. The summed E-state index contributed by atoms with van der Waals surface area (Å²) in [5.41, 5.74) is 2.89. The minimum atomic E-state index is -2.95. The van der Waals surface area contributed by atoms with E-state index in [1.54, 1.807) is 19.2 Å². The third-order valence-electron chi connectivity index (χ3n) is 7.12. The van der Waals surface area contributed by atoms with Crippen LogP contribution in [0, 0.1) is 5.82 Å². The number of benzene rings is 1. The number of aromatic amines is 1. The van der Waals surface area contributed by atoms with Crippen LogP contribution >= 0.6 is 0 Å². The molecule has 222 valence electrons. The van der Waals surface area contributed by atoms with Gasteiger partial charge in [0.25, 0.3) is 17.4 Å². The van der Waals surface area contributed by atoms with Gasteiger partial charge in [-0.1, -0.05) is 19.9 Å². The fourth-order valence-electron chi connectivity index (χ4n) is 4.89. The van der Waals surface area contributed by atoms with Crippen LogP contribution in [0.3, 0.4) is 0 Å². The van der Waals surface area contributed by atoms with Crippen LogP contribution in [0.1, 0.15) is 54.4 Å². The van der Waals surface area contributed by atoms with Crippen molar-refractivity contribution in [3.8, 4) is 16.9 Å². The van der Waals surface area contributed by atoms with Gasteiger partial charge < -0.3 is 19.9 Å². The quantitative estimate of drug-likeness (QED) is 0.279. The smallest absolute Gasteiger partial charge is 0.283 e. The Balaban J connectivity index is 0.00000173. The van der Waals surface area contributed by atoms with Crippen LogP contribution in [-0.2, 0) is 11.3 Å². The van der Waals surface area contributed by atoms with Crippen molar-refractivity contribution < 1.29 is 22.7 Å². The molecule has 3 aromatic heterocycles. The lowest BCUT2D eigenvalue weighted by atomic mass is 9.96. The average molecular weight is 583 g/mol.